The lowest BCUT2D eigenvalue weighted by Crippen LogP contribution is -2.39. The Morgan fingerprint density at radius 2 is 0.657 bits per heavy atom. The number of nitrogens with zero attached hydrogens (tertiary/aromatic N) is 22. The minimum Gasteiger partial charge on any atom is -0.480 e. The number of aryl methyl sites for hydroxylation is 2. The van der Waals surface area contributed by atoms with Crippen molar-refractivity contribution in [3.8, 4) is 0 Å². The average molecular weight is 2060 g/mol. The molecule has 10 unspecified atom stereocenters. The number of aromatic nitrogens is 4. The van der Waals surface area contributed by atoms with E-state index in [-0.39, 0.29) is 81.7 Å². The van der Waals surface area contributed by atoms with E-state index in [4.69, 9.17) is 69.8 Å². The number of aliphatic carboxylic acids is 3. The number of likely N-dealkylation sites (tertiary alicyclic amines) is 2. The number of ether oxygens (including phenoxy) is 3. The van der Waals surface area contributed by atoms with Crippen molar-refractivity contribution >= 4 is 225 Å². The molecule has 0 radical (unpaired) electrons. The van der Waals surface area contributed by atoms with Crippen LogP contribution in [0.25, 0.3) is 0 Å². The summed E-state index contributed by atoms with van der Waals surface area (Å²) in [4.78, 5) is 220. The lowest BCUT2D eigenvalue weighted by molar-refractivity contribution is -0.157. The van der Waals surface area contributed by atoms with Gasteiger partial charge in [0, 0.05) is 40.3 Å². The molecule has 0 bridgehead atoms. The SMILES string of the molecule is C1CCNCC1.CC(C)(C)OC(=O)CN1N=C(C(N)=O)C2N=C(C(=O)N3CCCCC3)SC21.CC(C)(C)OC(=O)CN1N=C(C(N)=O)C2N=C(C(=O)O)SC21.CC(C)=C(Cl)N(C)C.Cc1ncc(NC(=O)C2=NC3C(C(N)=O)=NN(CC(=O)O)C3S2)cn1.Cc1ncc(NC(=O)C2=NC3C(C(N)=O)=NN(CC(=O)OC(C)(C)C)C3S2)cn1.NC(=O)C1=NN(CC(=O)O)C2SC(C(=O)N3CCCCC3)=NC12. The second kappa shape index (κ2) is 49.0. The fourth-order valence-electron chi connectivity index (χ4n) is 14.3. The highest BCUT2D eigenvalue weighted by atomic mass is 35.5. The molecule has 3 fully saturated rings. The Hall–Kier alpha value is -12.5. The maximum Gasteiger partial charge on any atom is 0.360 e. The summed E-state index contributed by atoms with van der Waals surface area (Å²) in [6.07, 6.45) is 16.2. The van der Waals surface area contributed by atoms with E-state index in [0.717, 1.165) is 96.3 Å². The molecule has 16 N–H and O–H groups in total. The number of rotatable bonds is 23. The van der Waals surface area contributed by atoms with Crippen molar-refractivity contribution in [3.05, 3.63) is 47.2 Å². The van der Waals surface area contributed by atoms with E-state index in [1.165, 1.54) is 93.9 Å². The van der Waals surface area contributed by atoms with Crippen molar-refractivity contribution in [1.82, 2.24) is 65.0 Å². The van der Waals surface area contributed by atoms with Crippen LogP contribution < -0.4 is 44.6 Å². The van der Waals surface area contributed by atoms with Crippen LogP contribution in [0.4, 0.5) is 11.4 Å². The zero-order valence-electron chi connectivity index (χ0n) is 79.6. The van der Waals surface area contributed by atoms with Gasteiger partial charge in [0.05, 0.1) is 36.2 Å². The summed E-state index contributed by atoms with van der Waals surface area (Å²) in [6, 6.07) is -3.62. The van der Waals surface area contributed by atoms with Crippen LogP contribution >= 0.6 is 70.4 Å². The molecule has 15 rings (SSSR count). The molecule has 10 atom stereocenters. The number of anilines is 2. The highest BCUT2D eigenvalue weighted by Gasteiger charge is 2.53. The molecule has 9 amide bonds. The van der Waals surface area contributed by atoms with Gasteiger partial charge in [0.25, 0.3) is 53.2 Å². The number of halogens is 1. The number of carboxylic acids is 3. The van der Waals surface area contributed by atoms with Crippen LogP contribution in [-0.2, 0) is 86.1 Å². The summed E-state index contributed by atoms with van der Waals surface area (Å²) in [5, 5.41) is 61.0. The highest BCUT2D eigenvalue weighted by molar-refractivity contribution is 8.17. The molecule has 2 aromatic heterocycles. The number of nitrogens with one attached hydrogen (secondary N) is 3. The van der Waals surface area contributed by atoms with Crippen molar-refractivity contribution in [2.45, 2.75) is 222 Å². The summed E-state index contributed by atoms with van der Waals surface area (Å²) in [7, 11) is 3.85. The van der Waals surface area contributed by atoms with Gasteiger partial charge >= 0.3 is 35.8 Å². The Balaban J connectivity index is 0.000000189. The molecule has 0 spiro atoms. The Morgan fingerprint density at radius 3 is 0.879 bits per heavy atom. The first-order valence-corrected chi connectivity index (χ1v) is 48.7. The van der Waals surface area contributed by atoms with Gasteiger partial charge in [-0.25, -0.2) is 24.7 Å². The average Bonchev–Trinajstić information content (AvgIpc) is 1.64. The standard InChI is InChI=1S/C17H21N7O4S.C17H25N5O4S.C13H13N7O4S.C13H17N5O4S.C12H16N4O5S.C6H12ClN.C5H11N/c1-8-19-5-9(6-20-8)21-14(27)15-22-12-11(13(18)26)23-24(16(12)29-15)7-10(25)28-17(2,3)4;1-17(2,3)26-10(23)9-22-16-12(11(20-22)13(18)24)19-14(27-16)15(25)21-7-5-4-6-8-21;1-5-15-2-6(3-16-5)17-11(24)12-18-9-8(10(14)23)19-20(4-7(21)22)13(9)25-12;14-10(21)8-9-13(18(16-8)6-7(19)20)23-11(15-9)12(22)17-4-2-1-3-5-17;1-12(2,3)21-5(17)4-16-10-7(6(15-16)8(13)18)14-9(22-10)11(19)20;1-5(2)6(7)8(3)4;1-2-4-6-5-3-1/h5-6,12,16H,7H2,1-4H3,(H2,18,26)(H,21,27);12,16H,4-9H2,1-3H3,(H2,18,24);2-3,9,13H,4H2,1H3,(H2,14,23)(H,17,24)(H,21,22);9,13H,1-6H2,(H2,14,21)(H,19,20);7,10H,4H2,1-3H3,(H2,13,18)(H,19,20);1-4H3;6H,1-5H2. The fraction of sp³-hybridized carbons (Fsp3) is 0.578. The monoisotopic (exact) mass is 2060 g/mol. The van der Waals surface area contributed by atoms with Crippen molar-refractivity contribution in [2.24, 2.45) is 79.1 Å². The summed E-state index contributed by atoms with van der Waals surface area (Å²) in [5.74, 6) is -8.85. The molecule has 51 nitrogen and oxygen atoms in total. The number of hydrazone groups is 5. The van der Waals surface area contributed by atoms with Gasteiger partial charge in [-0.3, -0.25) is 117 Å². The third-order valence-corrected chi connectivity index (χ3v) is 27.1. The number of nitrogens with two attached hydrogens (primary N) is 5. The number of allylic oxidation sites excluding steroid dienone is 1. The molecular weight excluding hydrogens is 1950 g/mol. The van der Waals surface area contributed by atoms with Crippen LogP contribution in [0.15, 0.2) is 86.0 Å². The van der Waals surface area contributed by atoms with Crippen molar-refractivity contribution in [1.29, 1.82) is 0 Å². The number of hydrogen-bond acceptors (Lipinski definition) is 44. The number of carbonyl (C=O) groups excluding carboxylic acids is 12. The molecule has 3 saturated heterocycles. The zero-order chi connectivity index (χ0) is 103. The van der Waals surface area contributed by atoms with E-state index in [1.807, 2.05) is 32.8 Å². The third-order valence-electron chi connectivity index (χ3n) is 20.1. The minimum absolute atomic E-state index is 0.00481. The quantitative estimate of drug-likeness (QED) is 0.0410. The Labute approximate surface area is 830 Å². The second-order valence-corrected chi connectivity index (χ2v) is 41.6. The molecule has 0 aliphatic carbocycles. The second-order valence-electron chi connectivity index (χ2n) is 35.7. The van der Waals surface area contributed by atoms with Crippen molar-refractivity contribution in [3.63, 3.8) is 0 Å². The maximum absolute atomic E-state index is 12.7. The van der Waals surface area contributed by atoms with E-state index in [9.17, 15) is 71.9 Å². The number of hydrogen-bond donors (Lipinski definition) is 11. The van der Waals surface area contributed by atoms with Gasteiger partial charge in [0.15, 0.2) is 53.8 Å². The highest BCUT2D eigenvalue weighted by Crippen LogP contribution is 2.42. The first kappa shape index (κ1) is 111. The Bertz CT molecular complexity index is 5430. The number of thioether (sulfide) groups is 5. The lowest BCUT2D eigenvalue weighted by Gasteiger charge is -2.27. The molecule has 13 aliphatic heterocycles. The summed E-state index contributed by atoms with van der Waals surface area (Å²) < 4.78 is 15.8. The topological polar surface area (TPSA) is 712 Å². The molecule has 760 valence electrons. The smallest absolute Gasteiger partial charge is 0.360 e. The molecular formula is C83H115ClN30O21S5. The first-order valence-electron chi connectivity index (χ1n) is 43.9. The number of amides is 9. The van der Waals surface area contributed by atoms with Crippen LogP contribution in [0.2, 0.25) is 0 Å². The van der Waals surface area contributed by atoms with E-state index in [1.54, 1.807) is 86.0 Å². The van der Waals surface area contributed by atoms with Crippen molar-refractivity contribution in [2.75, 3.05) is 96.7 Å². The van der Waals surface area contributed by atoms with Crippen LogP contribution in [0.5, 0.6) is 0 Å². The van der Waals surface area contributed by atoms with Gasteiger partial charge < -0.3 is 88.8 Å². The minimum atomic E-state index is -1.19. The lowest BCUT2D eigenvalue weighted by atomic mass is 10.1. The van der Waals surface area contributed by atoms with E-state index in [0.29, 0.717) is 59.3 Å². The normalized spacial score (nSPS) is 22.5. The van der Waals surface area contributed by atoms with Gasteiger partial charge in [0.1, 0.15) is 123 Å². The van der Waals surface area contributed by atoms with E-state index < -0.39 is 158 Å². The summed E-state index contributed by atoms with van der Waals surface area (Å²) in [6.45, 7) is 27.2. The first-order chi connectivity index (χ1) is 65.6. The van der Waals surface area contributed by atoms with Gasteiger partial charge in [0.2, 0.25) is 0 Å². The fourth-order valence-corrected chi connectivity index (χ4v) is 20.0. The van der Waals surface area contributed by atoms with Crippen LogP contribution in [0.3, 0.4) is 0 Å². The number of carboxylic acid groups (broad SMARTS) is 3. The largest absolute Gasteiger partial charge is 0.480 e. The molecule has 0 saturated carbocycles. The van der Waals surface area contributed by atoms with Crippen LogP contribution in [0, 0.1) is 13.8 Å². The number of piperidine rings is 3. The maximum atomic E-state index is 12.7. The van der Waals surface area contributed by atoms with E-state index in [2.05, 4.69) is 86.4 Å². The third kappa shape index (κ3) is 31.5. The Morgan fingerprint density at radius 1 is 0.407 bits per heavy atom. The number of aliphatic imine (C=N–C) groups is 5. The van der Waals surface area contributed by atoms with Crippen molar-refractivity contribution < 1.29 is 101 Å². The predicted octanol–water partition coefficient (Wildman–Crippen LogP) is 0.493. The molecule has 13 aliphatic rings. The van der Waals surface area contributed by atoms with Crippen LogP contribution in [0.1, 0.15) is 146 Å². The molecule has 15 heterocycles. The molecule has 57 heteroatoms. The van der Waals surface area contributed by atoms with Gasteiger partial charge in [-0.15, -0.1) is 0 Å². The Kier molecular flexibility index (Phi) is 38.9. The van der Waals surface area contributed by atoms with Crippen LogP contribution in [-0.4, -0.2) is 378 Å². The molecule has 2 aromatic rings. The zero-order valence-corrected chi connectivity index (χ0v) is 84.4. The van der Waals surface area contributed by atoms with Gasteiger partial charge in [-0.1, -0.05) is 76.8 Å². The van der Waals surface area contributed by atoms with Gasteiger partial charge in [-0.2, -0.15) is 25.5 Å². The number of primary amides is 5. The number of fused-ring (bicyclic) bond motifs is 5. The summed E-state index contributed by atoms with van der Waals surface area (Å²) in [5.41, 5.74) is 26.6. The summed E-state index contributed by atoms with van der Waals surface area (Å²) >= 11 is 11.2. The molecule has 140 heavy (non-hydrogen) atoms. The van der Waals surface area contributed by atoms with E-state index >= 15 is 0 Å². The number of carbonyl (C=O) groups is 15. The number of esters is 3. The predicted molar refractivity (Wildman–Crippen MR) is 526 cm³/mol. The van der Waals surface area contributed by atoms with Gasteiger partial charge in [-0.05, 0) is 160 Å². The molecule has 0 aromatic carbocycles.